The Balaban J connectivity index is 1.25. The third-order valence-electron chi connectivity index (χ3n) is 8.41. The van der Waals surface area contributed by atoms with Crippen molar-refractivity contribution in [2.24, 2.45) is 11.8 Å². The summed E-state index contributed by atoms with van der Waals surface area (Å²) in [6.45, 7) is 3.32. The fourth-order valence-corrected chi connectivity index (χ4v) is 7.87. The van der Waals surface area contributed by atoms with Crippen molar-refractivity contribution < 1.29 is 23.2 Å². The van der Waals surface area contributed by atoms with E-state index in [0.717, 1.165) is 12.2 Å². The van der Waals surface area contributed by atoms with Crippen LogP contribution in [0, 0.1) is 11.8 Å². The van der Waals surface area contributed by atoms with Crippen LogP contribution in [0.5, 0.6) is 0 Å². The fraction of sp³-hybridized carbons (Fsp3) is 0.500. The molecule has 0 aromatic heterocycles. The smallest absolute Gasteiger partial charge is 0.265 e. The number of sulfone groups is 1. The van der Waals surface area contributed by atoms with Crippen molar-refractivity contribution in [2.45, 2.75) is 48.2 Å². The molecule has 1 aliphatic carbocycles. The highest BCUT2D eigenvalue weighted by Crippen LogP contribution is 2.38. The van der Waals surface area contributed by atoms with Crippen molar-refractivity contribution in [3.63, 3.8) is 0 Å². The first-order valence-corrected chi connectivity index (χ1v) is 15.2. The van der Waals surface area contributed by atoms with Crippen LogP contribution in [0.15, 0.2) is 53.4 Å². The number of amides is 1. The van der Waals surface area contributed by atoms with E-state index in [0.29, 0.717) is 55.5 Å². The van der Waals surface area contributed by atoms with Gasteiger partial charge in [-0.3, -0.25) is 14.8 Å². The third-order valence-corrected chi connectivity index (χ3v) is 11.2. The quantitative estimate of drug-likeness (QED) is 0.286. The van der Waals surface area contributed by atoms with Gasteiger partial charge in [-0.15, -0.1) is 0 Å². The molecule has 2 aromatic carbocycles. The number of hydrogen-bond donors (Lipinski definition) is 2. The van der Waals surface area contributed by atoms with Crippen LogP contribution in [0.25, 0.3) is 0 Å². The van der Waals surface area contributed by atoms with Gasteiger partial charge < -0.3 is 9.80 Å². The topological polar surface area (TPSA) is 107 Å². The Morgan fingerprint density at radius 3 is 2.08 bits per heavy atom. The highest BCUT2D eigenvalue weighted by molar-refractivity contribution is 7.93. The summed E-state index contributed by atoms with van der Waals surface area (Å²) in [5.41, 5.74) is 3.18. The molecule has 0 atom stereocenters. The molecule has 8 nitrogen and oxygen atoms in total. The van der Waals surface area contributed by atoms with Gasteiger partial charge in [-0.05, 0) is 93.0 Å². The zero-order valence-corrected chi connectivity index (χ0v) is 22.9. The van der Waals surface area contributed by atoms with Gasteiger partial charge in [0, 0.05) is 54.9 Å². The Morgan fingerprint density at radius 2 is 1.53 bits per heavy atom. The molecule has 204 valence electrons. The first-order chi connectivity index (χ1) is 18.2. The lowest BCUT2D eigenvalue weighted by molar-refractivity contribution is -0.133. The van der Waals surface area contributed by atoms with Crippen molar-refractivity contribution in [1.29, 1.82) is 0 Å². The zero-order valence-electron chi connectivity index (χ0n) is 21.3. The summed E-state index contributed by atoms with van der Waals surface area (Å²) >= 11 is 5.94. The van der Waals surface area contributed by atoms with E-state index in [1.807, 2.05) is 0 Å². The van der Waals surface area contributed by atoms with Crippen molar-refractivity contribution in [1.82, 2.24) is 10.4 Å². The average molecular weight is 560 g/mol. The molecule has 1 amide bonds. The van der Waals surface area contributed by atoms with Crippen LogP contribution in [0.4, 0.5) is 5.69 Å². The Labute approximate surface area is 228 Å². The summed E-state index contributed by atoms with van der Waals surface area (Å²) in [5.74, 6) is -0.118. The average Bonchev–Trinajstić information content (AvgIpc) is 3.77. The molecule has 2 aliphatic heterocycles. The summed E-state index contributed by atoms with van der Waals surface area (Å²) in [6, 6.07) is 13.6. The minimum atomic E-state index is -4.04. The van der Waals surface area contributed by atoms with Gasteiger partial charge in [0.15, 0.2) is 20.4 Å². The number of piperidine rings is 2. The maximum atomic E-state index is 13.8. The van der Waals surface area contributed by atoms with E-state index in [9.17, 15) is 23.2 Å². The molecule has 2 N–H and O–H groups in total. The number of nitrogens with one attached hydrogen (secondary N) is 1. The predicted molar refractivity (Wildman–Crippen MR) is 145 cm³/mol. The van der Waals surface area contributed by atoms with Crippen molar-refractivity contribution in [2.75, 3.05) is 37.6 Å². The highest BCUT2D eigenvalue weighted by Gasteiger charge is 2.53. The lowest BCUT2D eigenvalue weighted by atomic mass is 9.88. The first kappa shape index (κ1) is 27.1. The molecule has 0 spiro atoms. The molecular formula is C28H34ClN3O5S. The maximum Gasteiger partial charge on any atom is 0.265 e. The number of carbonyl (C=O) groups is 2. The lowest BCUT2D eigenvalue weighted by Crippen LogP contribution is -2.57. The molecule has 0 bridgehead atoms. The molecule has 0 unspecified atom stereocenters. The van der Waals surface area contributed by atoms with E-state index >= 15 is 0 Å². The van der Waals surface area contributed by atoms with Gasteiger partial charge in [0.25, 0.3) is 5.91 Å². The number of hydrogen-bond acceptors (Lipinski definition) is 7. The summed E-state index contributed by atoms with van der Waals surface area (Å²) in [7, 11) is -4.04. The van der Waals surface area contributed by atoms with Gasteiger partial charge in [0.1, 0.15) is 0 Å². The summed E-state index contributed by atoms with van der Waals surface area (Å²) in [4.78, 5) is 30.1. The van der Waals surface area contributed by atoms with E-state index in [4.69, 9.17) is 11.6 Å². The minimum absolute atomic E-state index is 0.0605. The van der Waals surface area contributed by atoms with Gasteiger partial charge in [-0.1, -0.05) is 11.6 Å². The van der Waals surface area contributed by atoms with Gasteiger partial charge >= 0.3 is 0 Å². The largest absolute Gasteiger partial charge is 0.371 e. The summed E-state index contributed by atoms with van der Waals surface area (Å²) in [5, 5.41) is 10.0. The predicted octanol–water partition coefficient (Wildman–Crippen LogP) is 3.96. The molecule has 38 heavy (non-hydrogen) atoms. The molecule has 2 saturated heterocycles. The number of carbonyl (C=O) groups excluding carboxylic acids is 2. The standard InChI is InChI=1S/C28H34ClN3O5S/c29-23-5-3-21(4-6-23)26(33)22-11-15-32(16-12-22)24-7-9-25(10-8-24)38(36,37)28(27(34)30-35)13-17-31(18-14-28)19-20-1-2-20/h3-10,20,22,35H,1-2,11-19H2,(H,30,34). The fourth-order valence-electron chi connectivity index (χ4n) is 5.79. The van der Waals surface area contributed by atoms with E-state index in [1.54, 1.807) is 54.0 Å². The number of halogens is 1. The monoisotopic (exact) mass is 559 g/mol. The van der Waals surface area contributed by atoms with Gasteiger partial charge in [-0.2, -0.15) is 0 Å². The molecule has 10 heteroatoms. The Morgan fingerprint density at radius 1 is 0.921 bits per heavy atom. The molecule has 2 heterocycles. The Kier molecular flexibility index (Phi) is 7.82. The molecule has 0 radical (unpaired) electrons. The molecule has 1 saturated carbocycles. The van der Waals surface area contributed by atoms with E-state index in [1.165, 1.54) is 12.8 Å². The number of hydroxylamine groups is 1. The van der Waals surface area contributed by atoms with Crippen molar-refractivity contribution in [3.05, 3.63) is 59.1 Å². The number of benzene rings is 2. The number of ketones is 1. The van der Waals surface area contributed by atoms with Crippen LogP contribution >= 0.6 is 11.6 Å². The van der Waals surface area contributed by atoms with Gasteiger partial charge in [0.2, 0.25) is 0 Å². The second-order valence-electron chi connectivity index (χ2n) is 10.8. The van der Waals surface area contributed by atoms with Gasteiger partial charge in [-0.25, -0.2) is 13.9 Å². The number of anilines is 1. The molecular weight excluding hydrogens is 526 g/mol. The first-order valence-electron chi connectivity index (χ1n) is 13.3. The Hall–Kier alpha value is -2.46. The van der Waals surface area contributed by atoms with Crippen LogP contribution in [-0.4, -0.2) is 67.7 Å². The van der Waals surface area contributed by atoms with Crippen LogP contribution in [-0.2, 0) is 14.6 Å². The van der Waals surface area contributed by atoms with E-state index in [-0.39, 0.29) is 29.4 Å². The minimum Gasteiger partial charge on any atom is -0.371 e. The number of likely N-dealkylation sites (tertiary alicyclic amines) is 1. The van der Waals surface area contributed by atoms with E-state index < -0.39 is 20.5 Å². The molecule has 3 aliphatic rings. The number of nitrogens with zero attached hydrogens (tertiary/aromatic N) is 2. The SMILES string of the molecule is O=C(c1ccc(Cl)cc1)C1CCN(c2ccc(S(=O)(=O)C3(C(=O)NO)CCN(CC4CC4)CC3)cc2)CC1. The number of Topliss-reactive ketones (excluding diaryl/α,β-unsaturated/α-hetero) is 1. The Bertz CT molecular complexity index is 1260. The highest BCUT2D eigenvalue weighted by atomic mass is 35.5. The number of rotatable bonds is 8. The molecule has 2 aromatic rings. The zero-order chi connectivity index (χ0) is 26.9. The maximum absolute atomic E-state index is 13.8. The normalized spacial score (nSPS) is 20.7. The van der Waals surface area contributed by atoms with Crippen molar-refractivity contribution >= 4 is 38.8 Å². The second-order valence-corrected chi connectivity index (χ2v) is 13.5. The van der Waals surface area contributed by atoms with Crippen LogP contribution in [0.3, 0.4) is 0 Å². The molecule has 3 fully saturated rings. The van der Waals surface area contributed by atoms with Crippen molar-refractivity contribution in [3.8, 4) is 0 Å². The third kappa shape index (κ3) is 5.34. The summed E-state index contributed by atoms with van der Waals surface area (Å²) < 4.78 is 25.8. The van der Waals surface area contributed by atoms with Crippen LogP contribution < -0.4 is 10.4 Å². The van der Waals surface area contributed by atoms with E-state index in [2.05, 4.69) is 9.80 Å². The lowest BCUT2D eigenvalue weighted by Gasteiger charge is -2.39. The molecule has 5 rings (SSSR count). The second kappa shape index (κ2) is 11.0. The summed E-state index contributed by atoms with van der Waals surface area (Å²) in [6.07, 6.45) is 4.12. The van der Waals surface area contributed by atoms with Gasteiger partial charge in [0.05, 0.1) is 4.90 Å². The van der Waals surface area contributed by atoms with Crippen LogP contribution in [0.2, 0.25) is 5.02 Å². The van der Waals surface area contributed by atoms with Crippen LogP contribution in [0.1, 0.15) is 48.9 Å².